The van der Waals surface area contributed by atoms with Gasteiger partial charge in [-0.3, -0.25) is 4.90 Å². The fraction of sp³-hybridized carbons (Fsp3) is 1.00. The monoisotopic (exact) mass is 235 g/mol. The van der Waals surface area contributed by atoms with Crippen LogP contribution in [0.1, 0.15) is 66.7 Å². The van der Waals surface area contributed by atoms with Gasteiger partial charge < -0.3 is 0 Å². The summed E-state index contributed by atoms with van der Waals surface area (Å²) in [5, 5.41) is 0. The molecule has 0 spiro atoms. The highest BCUT2D eigenvalue weighted by Crippen LogP contribution is 2.62. The molecule has 2 atom stereocenters. The Morgan fingerprint density at radius 3 is 1.94 bits per heavy atom. The number of hydrogen-bond donors (Lipinski definition) is 0. The first kappa shape index (κ1) is 12.0. The largest absolute Gasteiger partial charge is 0.295 e. The second kappa shape index (κ2) is 3.50. The van der Waals surface area contributed by atoms with E-state index in [1.54, 1.807) is 0 Å². The molecule has 0 N–H and O–H groups in total. The van der Waals surface area contributed by atoms with E-state index in [9.17, 15) is 0 Å². The van der Waals surface area contributed by atoms with E-state index in [1.165, 1.54) is 32.1 Å². The van der Waals surface area contributed by atoms with E-state index >= 15 is 0 Å². The highest BCUT2D eigenvalue weighted by Gasteiger charge is 2.58. The minimum Gasteiger partial charge on any atom is -0.295 e. The lowest BCUT2D eigenvalue weighted by molar-refractivity contribution is -0.159. The smallest absolute Gasteiger partial charge is 0.0109 e. The van der Waals surface area contributed by atoms with E-state index in [2.05, 4.69) is 39.5 Å². The SMILES string of the molecule is CC(C)N1C2CC3CC1CC(C(C)(C)C)(C3)C2. The summed E-state index contributed by atoms with van der Waals surface area (Å²) in [6, 6.07) is 2.56. The predicted octanol–water partition coefficient (Wildman–Crippen LogP) is 4.07. The van der Waals surface area contributed by atoms with Gasteiger partial charge in [-0.2, -0.15) is 0 Å². The zero-order chi connectivity index (χ0) is 12.4. The van der Waals surface area contributed by atoms with Crippen molar-refractivity contribution in [2.45, 2.75) is 84.8 Å². The Morgan fingerprint density at radius 1 is 1.00 bits per heavy atom. The minimum absolute atomic E-state index is 0.506. The Kier molecular flexibility index (Phi) is 2.47. The molecule has 4 rings (SSSR count). The number of rotatable bonds is 1. The molecule has 0 aromatic carbocycles. The van der Waals surface area contributed by atoms with Crippen molar-refractivity contribution in [1.29, 1.82) is 0 Å². The molecule has 0 aromatic heterocycles. The van der Waals surface area contributed by atoms with Crippen LogP contribution < -0.4 is 0 Å². The van der Waals surface area contributed by atoms with E-state index in [0.29, 0.717) is 10.8 Å². The molecule has 2 aliphatic heterocycles. The van der Waals surface area contributed by atoms with Gasteiger partial charge >= 0.3 is 0 Å². The normalized spacial score (nSPS) is 45.9. The van der Waals surface area contributed by atoms with Crippen LogP contribution in [-0.2, 0) is 0 Å². The lowest BCUT2D eigenvalue weighted by Gasteiger charge is -2.66. The first-order valence-electron chi connectivity index (χ1n) is 7.60. The first-order chi connectivity index (χ1) is 7.82. The van der Waals surface area contributed by atoms with E-state index < -0.39 is 0 Å². The third-order valence-electron chi connectivity index (χ3n) is 6.17. The zero-order valence-corrected chi connectivity index (χ0v) is 12.3. The fourth-order valence-corrected chi connectivity index (χ4v) is 5.42. The summed E-state index contributed by atoms with van der Waals surface area (Å²) in [4.78, 5) is 2.86. The molecule has 0 aromatic rings. The van der Waals surface area contributed by atoms with Crippen molar-refractivity contribution in [3.63, 3.8) is 0 Å². The van der Waals surface area contributed by atoms with Crippen LogP contribution in [-0.4, -0.2) is 23.0 Å². The van der Waals surface area contributed by atoms with Crippen LogP contribution in [0, 0.1) is 16.7 Å². The molecule has 1 heteroatoms. The van der Waals surface area contributed by atoms with Crippen molar-refractivity contribution in [3.8, 4) is 0 Å². The molecule has 0 radical (unpaired) electrons. The fourth-order valence-electron chi connectivity index (χ4n) is 5.42. The van der Waals surface area contributed by atoms with Crippen molar-refractivity contribution >= 4 is 0 Å². The predicted molar refractivity (Wildman–Crippen MR) is 73.0 cm³/mol. The topological polar surface area (TPSA) is 3.24 Å². The number of piperidine rings is 2. The molecule has 4 aliphatic rings. The van der Waals surface area contributed by atoms with Crippen molar-refractivity contribution in [2.75, 3.05) is 0 Å². The van der Waals surface area contributed by atoms with Crippen molar-refractivity contribution in [2.24, 2.45) is 16.7 Å². The summed E-state index contributed by atoms with van der Waals surface area (Å²) >= 11 is 0. The van der Waals surface area contributed by atoms with E-state index in [1.807, 2.05) is 0 Å². The Hall–Kier alpha value is -0.0400. The van der Waals surface area contributed by atoms with Gasteiger partial charge in [-0.15, -0.1) is 0 Å². The van der Waals surface area contributed by atoms with Crippen LogP contribution >= 0.6 is 0 Å². The van der Waals surface area contributed by atoms with Crippen LogP contribution in [0.5, 0.6) is 0 Å². The number of nitrogens with zero attached hydrogens (tertiary/aromatic N) is 1. The summed E-state index contributed by atoms with van der Waals surface area (Å²) in [5.41, 5.74) is 1.17. The van der Waals surface area contributed by atoms with E-state index in [4.69, 9.17) is 0 Å². The molecule has 2 heterocycles. The second-order valence-electron chi connectivity index (χ2n) is 8.33. The average molecular weight is 235 g/mol. The second-order valence-corrected chi connectivity index (χ2v) is 8.33. The Morgan fingerprint density at radius 2 is 1.53 bits per heavy atom. The summed E-state index contributed by atoms with van der Waals surface area (Å²) in [6.45, 7) is 12.2. The van der Waals surface area contributed by atoms with Gasteiger partial charge in [-0.25, -0.2) is 0 Å². The molecule has 98 valence electrons. The first-order valence-corrected chi connectivity index (χ1v) is 7.60. The van der Waals surface area contributed by atoms with Gasteiger partial charge in [0.15, 0.2) is 0 Å². The van der Waals surface area contributed by atoms with Crippen molar-refractivity contribution < 1.29 is 0 Å². The molecule has 1 nitrogen and oxygen atoms in total. The Labute approximate surface area is 107 Å². The molecule has 4 bridgehead atoms. The quantitative estimate of drug-likeness (QED) is 0.662. The summed E-state index contributed by atoms with van der Waals surface area (Å²) in [7, 11) is 0. The van der Waals surface area contributed by atoms with Crippen LogP contribution in [0.4, 0.5) is 0 Å². The van der Waals surface area contributed by atoms with E-state index in [0.717, 1.165) is 24.0 Å². The van der Waals surface area contributed by atoms with Gasteiger partial charge in [0.1, 0.15) is 0 Å². The van der Waals surface area contributed by atoms with Gasteiger partial charge in [0.05, 0.1) is 0 Å². The maximum absolute atomic E-state index is 2.86. The molecular formula is C16H29N. The van der Waals surface area contributed by atoms with Crippen LogP contribution in [0.25, 0.3) is 0 Å². The molecule has 2 saturated carbocycles. The maximum atomic E-state index is 2.86. The Balaban J connectivity index is 1.92. The van der Waals surface area contributed by atoms with Crippen molar-refractivity contribution in [3.05, 3.63) is 0 Å². The minimum atomic E-state index is 0.506. The third kappa shape index (κ3) is 1.61. The lowest BCUT2D eigenvalue weighted by atomic mass is 9.47. The van der Waals surface area contributed by atoms with Gasteiger partial charge in [0.25, 0.3) is 0 Å². The summed E-state index contributed by atoms with van der Waals surface area (Å²) < 4.78 is 0. The van der Waals surface area contributed by atoms with Gasteiger partial charge in [0.2, 0.25) is 0 Å². The maximum Gasteiger partial charge on any atom is 0.0109 e. The molecule has 2 unspecified atom stereocenters. The summed E-state index contributed by atoms with van der Waals surface area (Å²) in [5.74, 6) is 1.04. The van der Waals surface area contributed by atoms with E-state index in [-0.39, 0.29) is 0 Å². The van der Waals surface area contributed by atoms with Crippen LogP contribution in [0.3, 0.4) is 0 Å². The number of hydrogen-bond acceptors (Lipinski definition) is 1. The standard InChI is InChI=1S/C16H29N/c1-11(2)17-13-6-12-7-14(17)10-16(8-12,9-13)15(3,4)5/h11-14H,6-10H2,1-5H3. The summed E-state index contributed by atoms with van der Waals surface area (Å²) in [6.07, 6.45) is 7.46. The highest BCUT2D eigenvalue weighted by atomic mass is 15.2. The van der Waals surface area contributed by atoms with Crippen molar-refractivity contribution in [1.82, 2.24) is 4.90 Å². The lowest BCUT2D eigenvalue weighted by Crippen LogP contribution is -2.65. The molecule has 2 aliphatic carbocycles. The molecule has 4 fully saturated rings. The van der Waals surface area contributed by atoms with Gasteiger partial charge in [-0.1, -0.05) is 20.8 Å². The zero-order valence-electron chi connectivity index (χ0n) is 12.3. The van der Waals surface area contributed by atoms with Gasteiger partial charge in [-0.05, 0) is 62.7 Å². The third-order valence-corrected chi connectivity index (χ3v) is 6.17. The van der Waals surface area contributed by atoms with Crippen LogP contribution in [0.2, 0.25) is 0 Å². The molecular weight excluding hydrogens is 206 g/mol. The average Bonchev–Trinajstić information content (AvgIpc) is 2.12. The van der Waals surface area contributed by atoms with Crippen LogP contribution in [0.15, 0.2) is 0 Å². The molecule has 2 saturated heterocycles. The Bertz CT molecular complexity index is 296. The van der Waals surface area contributed by atoms with Gasteiger partial charge in [0, 0.05) is 18.1 Å². The molecule has 0 amide bonds. The highest BCUT2D eigenvalue weighted by molar-refractivity contribution is 5.11. The molecule has 17 heavy (non-hydrogen) atoms.